The highest BCUT2D eigenvalue weighted by Crippen LogP contribution is 2.23. The Morgan fingerprint density at radius 2 is 2.28 bits per heavy atom. The number of aromatic nitrogens is 3. The van der Waals surface area contributed by atoms with E-state index in [-0.39, 0.29) is 11.8 Å². The summed E-state index contributed by atoms with van der Waals surface area (Å²) in [6.45, 7) is 4.06. The summed E-state index contributed by atoms with van der Waals surface area (Å²) in [6, 6.07) is 1.86. The van der Waals surface area contributed by atoms with Crippen LogP contribution in [0.25, 0.3) is 11.0 Å². The van der Waals surface area contributed by atoms with Gasteiger partial charge in [-0.3, -0.25) is 9.78 Å². The molecule has 0 aliphatic carbocycles. The molecule has 0 aromatic carbocycles. The summed E-state index contributed by atoms with van der Waals surface area (Å²) in [5.74, 6) is 0.650. The molecule has 18 heavy (non-hydrogen) atoms. The summed E-state index contributed by atoms with van der Waals surface area (Å²) < 4.78 is 1.93. The topological polar surface area (TPSA) is 73.8 Å². The van der Waals surface area contributed by atoms with Crippen LogP contribution in [-0.2, 0) is 17.2 Å². The second-order valence-corrected chi connectivity index (χ2v) is 5.13. The number of nitrogens with zero attached hydrogens (tertiary/aromatic N) is 3. The van der Waals surface area contributed by atoms with E-state index < -0.39 is 5.41 Å². The van der Waals surface area contributed by atoms with E-state index in [1.807, 2.05) is 10.6 Å². The average Bonchev–Trinajstić information content (AvgIpc) is 2.67. The third-order valence-electron chi connectivity index (χ3n) is 2.97. The fourth-order valence-electron chi connectivity index (χ4n) is 1.78. The number of hydrogen-bond donors (Lipinski definition) is 1. The van der Waals surface area contributed by atoms with Crippen molar-refractivity contribution < 1.29 is 4.79 Å². The van der Waals surface area contributed by atoms with E-state index >= 15 is 0 Å². The molecule has 1 amide bonds. The van der Waals surface area contributed by atoms with E-state index in [0.717, 1.165) is 11.0 Å². The van der Waals surface area contributed by atoms with Crippen molar-refractivity contribution in [3.8, 4) is 0 Å². The third-order valence-corrected chi connectivity index (χ3v) is 3.21. The monoisotopic (exact) mass is 266 g/mol. The Kier molecular flexibility index (Phi) is 3.26. The van der Waals surface area contributed by atoms with Crippen LogP contribution in [0.1, 0.15) is 19.7 Å². The molecule has 0 fully saturated rings. The number of fused-ring (bicyclic) bond motifs is 1. The summed E-state index contributed by atoms with van der Waals surface area (Å²) >= 11 is 5.89. The molecule has 6 heteroatoms. The minimum absolute atomic E-state index is 0.281. The first kappa shape index (κ1) is 12.8. The van der Waals surface area contributed by atoms with Crippen molar-refractivity contribution in [3.05, 3.63) is 24.3 Å². The number of amides is 1. The predicted molar refractivity (Wildman–Crippen MR) is 70.1 cm³/mol. The second kappa shape index (κ2) is 4.57. The molecular weight excluding hydrogens is 252 g/mol. The Hall–Kier alpha value is -1.62. The Balaban J connectivity index is 2.52. The fourth-order valence-corrected chi connectivity index (χ4v) is 1.99. The van der Waals surface area contributed by atoms with Gasteiger partial charge >= 0.3 is 0 Å². The number of hydrogen-bond acceptors (Lipinski definition) is 3. The summed E-state index contributed by atoms with van der Waals surface area (Å²) in [6.07, 6.45) is 3.37. The first-order valence-corrected chi connectivity index (χ1v) is 6.14. The van der Waals surface area contributed by atoms with E-state index in [0.29, 0.717) is 12.4 Å². The van der Waals surface area contributed by atoms with Crippen LogP contribution in [0.15, 0.2) is 18.5 Å². The lowest BCUT2D eigenvalue weighted by Gasteiger charge is -2.22. The Bertz CT molecular complexity index is 591. The lowest BCUT2D eigenvalue weighted by Crippen LogP contribution is -2.35. The van der Waals surface area contributed by atoms with Crippen LogP contribution in [-0.4, -0.2) is 20.4 Å². The quantitative estimate of drug-likeness (QED) is 0.856. The molecule has 2 aromatic heterocycles. The van der Waals surface area contributed by atoms with Crippen LogP contribution in [0.2, 0.25) is 0 Å². The molecule has 2 heterocycles. The zero-order valence-electron chi connectivity index (χ0n) is 10.4. The van der Waals surface area contributed by atoms with Gasteiger partial charge in [0, 0.05) is 12.7 Å². The molecule has 0 radical (unpaired) electrons. The van der Waals surface area contributed by atoms with Gasteiger partial charge in [-0.05, 0) is 19.9 Å². The normalized spacial score (nSPS) is 11.9. The van der Waals surface area contributed by atoms with Gasteiger partial charge in [-0.1, -0.05) is 0 Å². The Labute approximate surface area is 110 Å². The highest BCUT2D eigenvalue weighted by atomic mass is 35.5. The van der Waals surface area contributed by atoms with Gasteiger partial charge in [0.15, 0.2) is 0 Å². The molecule has 0 bridgehead atoms. The van der Waals surface area contributed by atoms with Crippen LogP contribution in [0.3, 0.4) is 0 Å². The molecule has 2 aromatic rings. The van der Waals surface area contributed by atoms with E-state index in [9.17, 15) is 4.79 Å². The highest BCUT2D eigenvalue weighted by molar-refractivity contribution is 6.16. The molecule has 0 atom stereocenters. The molecule has 0 unspecified atom stereocenters. The van der Waals surface area contributed by atoms with Crippen molar-refractivity contribution in [1.29, 1.82) is 0 Å². The first-order chi connectivity index (χ1) is 8.45. The Morgan fingerprint density at radius 1 is 1.56 bits per heavy atom. The van der Waals surface area contributed by atoms with Gasteiger partial charge in [-0.25, -0.2) is 4.98 Å². The van der Waals surface area contributed by atoms with E-state index in [1.54, 1.807) is 26.2 Å². The smallest absolute Gasteiger partial charge is 0.224 e. The number of primary amides is 1. The number of pyridine rings is 1. The summed E-state index contributed by atoms with van der Waals surface area (Å²) in [4.78, 5) is 19.8. The molecule has 2 N–H and O–H groups in total. The standard InChI is InChI=1S/C12H15ClN4O/c1-12(2,11(14)18)7-17-9-3-4-15-6-8(9)16-10(17)5-13/h3-4,6H,5,7H2,1-2H3,(H2,14,18). The molecule has 0 aliphatic heterocycles. The first-order valence-electron chi connectivity index (χ1n) is 5.60. The summed E-state index contributed by atoms with van der Waals surface area (Å²) in [7, 11) is 0. The molecule has 0 spiro atoms. The van der Waals surface area contributed by atoms with Gasteiger partial charge in [-0.2, -0.15) is 0 Å². The maximum absolute atomic E-state index is 11.4. The summed E-state index contributed by atoms with van der Waals surface area (Å²) in [5, 5.41) is 0. The van der Waals surface area contributed by atoms with Gasteiger partial charge in [0.2, 0.25) is 5.91 Å². The van der Waals surface area contributed by atoms with Crippen molar-refractivity contribution in [2.75, 3.05) is 0 Å². The van der Waals surface area contributed by atoms with Crippen molar-refractivity contribution in [2.45, 2.75) is 26.3 Å². The lowest BCUT2D eigenvalue weighted by molar-refractivity contribution is -0.126. The fraction of sp³-hybridized carbons (Fsp3) is 0.417. The van der Waals surface area contributed by atoms with Crippen molar-refractivity contribution in [1.82, 2.24) is 14.5 Å². The second-order valence-electron chi connectivity index (χ2n) is 4.86. The van der Waals surface area contributed by atoms with E-state index in [4.69, 9.17) is 17.3 Å². The number of carbonyl (C=O) groups is 1. The minimum Gasteiger partial charge on any atom is -0.369 e. The number of imidazole rings is 1. The molecular formula is C12H15ClN4O. The minimum atomic E-state index is -0.655. The molecule has 0 saturated heterocycles. The van der Waals surface area contributed by atoms with Crippen LogP contribution in [0.4, 0.5) is 0 Å². The number of carbonyl (C=O) groups excluding carboxylic acids is 1. The van der Waals surface area contributed by atoms with Gasteiger partial charge < -0.3 is 10.3 Å². The van der Waals surface area contributed by atoms with Gasteiger partial charge in [0.1, 0.15) is 11.3 Å². The third kappa shape index (κ3) is 2.18. The number of halogens is 1. The van der Waals surface area contributed by atoms with Crippen molar-refractivity contribution in [3.63, 3.8) is 0 Å². The molecule has 96 valence electrons. The molecule has 5 nitrogen and oxygen atoms in total. The Morgan fingerprint density at radius 3 is 2.89 bits per heavy atom. The van der Waals surface area contributed by atoms with Crippen LogP contribution < -0.4 is 5.73 Å². The van der Waals surface area contributed by atoms with Crippen molar-refractivity contribution in [2.24, 2.45) is 11.1 Å². The number of nitrogens with two attached hydrogens (primary N) is 1. The molecule has 0 saturated carbocycles. The summed E-state index contributed by atoms with van der Waals surface area (Å²) in [5.41, 5.74) is 6.43. The van der Waals surface area contributed by atoms with Gasteiger partial charge in [0.25, 0.3) is 0 Å². The van der Waals surface area contributed by atoms with E-state index in [1.165, 1.54) is 0 Å². The largest absolute Gasteiger partial charge is 0.369 e. The van der Waals surface area contributed by atoms with E-state index in [2.05, 4.69) is 9.97 Å². The lowest BCUT2D eigenvalue weighted by atomic mass is 9.92. The van der Waals surface area contributed by atoms with Crippen molar-refractivity contribution >= 4 is 28.5 Å². The zero-order chi connectivity index (χ0) is 13.3. The number of alkyl halides is 1. The highest BCUT2D eigenvalue weighted by Gasteiger charge is 2.27. The maximum Gasteiger partial charge on any atom is 0.224 e. The predicted octanol–water partition coefficient (Wildman–Crippen LogP) is 1.68. The zero-order valence-corrected chi connectivity index (χ0v) is 11.1. The van der Waals surface area contributed by atoms with Crippen LogP contribution in [0, 0.1) is 5.41 Å². The van der Waals surface area contributed by atoms with Crippen LogP contribution in [0.5, 0.6) is 0 Å². The SMILES string of the molecule is CC(C)(Cn1c(CCl)nc2cnccc21)C(N)=O. The maximum atomic E-state index is 11.4. The molecule has 2 rings (SSSR count). The van der Waals surface area contributed by atoms with Gasteiger partial charge in [-0.15, -0.1) is 11.6 Å². The van der Waals surface area contributed by atoms with Gasteiger partial charge in [0.05, 0.1) is 23.0 Å². The van der Waals surface area contributed by atoms with Crippen LogP contribution >= 0.6 is 11.6 Å². The molecule has 0 aliphatic rings. The average molecular weight is 267 g/mol. The number of rotatable bonds is 4.